The molecule has 0 N–H and O–H groups in total. The van der Waals surface area contributed by atoms with Crippen LogP contribution in [0.15, 0.2) is 18.3 Å². The molecule has 0 aliphatic carbocycles. The molecule has 0 saturated carbocycles. The molecule has 2 fully saturated rings. The van der Waals surface area contributed by atoms with E-state index in [0.717, 1.165) is 25.1 Å². The molecule has 132 valence electrons. The fourth-order valence-electron chi connectivity index (χ4n) is 3.23. The van der Waals surface area contributed by atoms with Crippen molar-refractivity contribution in [1.29, 1.82) is 0 Å². The minimum atomic E-state index is -4.51. The third kappa shape index (κ3) is 3.39. The summed E-state index contributed by atoms with van der Waals surface area (Å²) in [5.41, 5.74) is -0.849. The summed E-state index contributed by atoms with van der Waals surface area (Å²) in [6.45, 7) is 3.95. The number of amides is 1. The highest BCUT2D eigenvalue weighted by Gasteiger charge is 2.42. The number of nitrogens with zero attached hydrogens (tertiary/aromatic N) is 2. The van der Waals surface area contributed by atoms with Crippen molar-refractivity contribution in [1.82, 2.24) is 9.88 Å². The third-order valence-corrected chi connectivity index (χ3v) is 4.61. The highest BCUT2D eigenvalue weighted by Crippen LogP contribution is 2.34. The lowest BCUT2D eigenvalue weighted by molar-refractivity contribution is -0.189. The van der Waals surface area contributed by atoms with Crippen LogP contribution < -0.4 is 0 Å². The van der Waals surface area contributed by atoms with Crippen LogP contribution in [0.4, 0.5) is 13.2 Å². The Bertz CT molecular complexity index is 598. The van der Waals surface area contributed by atoms with Gasteiger partial charge in [-0.1, -0.05) is 0 Å². The van der Waals surface area contributed by atoms with E-state index in [9.17, 15) is 18.0 Å². The van der Waals surface area contributed by atoms with Gasteiger partial charge in [0.25, 0.3) is 5.91 Å². The Balaban J connectivity index is 1.70. The van der Waals surface area contributed by atoms with Gasteiger partial charge in [-0.05, 0) is 31.9 Å². The maximum atomic E-state index is 12.6. The topological polar surface area (TPSA) is 51.7 Å². The van der Waals surface area contributed by atoms with Gasteiger partial charge in [0.1, 0.15) is 5.69 Å². The highest BCUT2D eigenvalue weighted by atomic mass is 19.4. The highest BCUT2D eigenvalue weighted by molar-refractivity contribution is 5.94. The summed E-state index contributed by atoms with van der Waals surface area (Å²) < 4.78 is 49.0. The summed E-state index contributed by atoms with van der Waals surface area (Å²) in [4.78, 5) is 17.5. The predicted molar refractivity (Wildman–Crippen MR) is 78.2 cm³/mol. The lowest BCUT2D eigenvalue weighted by atomic mass is 9.90. The largest absolute Gasteiger partial charge is 0.433 e. The molecule has 0 aromatic carbocycles. The van der Waals surface area contributed by atoms with Crippen molar-refractivity contribution in [3.63, 3.8) is 0 Å². The van der Waals surface area contributed by atoms with E-state index >= 15 is 0 Å². The van der Waals surface area contributed by atoms with E-state index in [1.54, 1.807) is 4.90 Å². The summed E-state index contributed by atoms with van der Waals surface area (Å²) in [6, 6.07) is 2.01. The predicted octanol–water partition coefficient (Wildman–Crippen LogP) is 2.72. The van der Waals surface area contributed by atoms with Gasteiger partial charge >= 0.3 is 6.18 Å². The Hall–Kier alpha value is -1.67. The second kappa shape index (κ2) is 6.33. The van der Waals surface area contributed by atoms with E-state index in [1.165, 1.54) is 6.07 Å². The number of hydrogen-bond donors (Lipinski definition) is 0. The van der Waals surface area contributed by atoms with Crippen LogP contribution in [0.25, 0.3) is 0 Å². The minimum absolute atomic E-state index is 0.0418. The average molecular weight is 344 g/mol. The van der Waals surface area contributed by atoms with Crippen LogP contribution in [-0.4, -0.2) is 47.9 Å². The fraction of sp³-hybridized carbons (Fsp3) is 0.625. The number of piperidine rings is 1. The van der Waals surface area contributed by atoms with Crippen molar-refractivity contribution in [2.45, 2.75) is 31.7 Å². The van der Waals surface area contributed by atoms with E-state index in [0.29, 0.717) is 26.3 Å². The maximum Gasteiger partial charge on any atom is 0.433 e. The van der Waals surface area contributed by atoms with Crippen LogP contribution in [0.1, 0.15) is 35.8 Å². The monoisotopic (exact) mass is 344 g/mol. The van der Waals surface area contributed by atoms with E-state index in [1.807, 2.05) is 6.92 Å². The molecule has 2 aliphatic rings. The summed E-state index contributed by atoms with van der Waals surface area (Å²) in [5.74, 6) is -0.972. The Morgan fingerprint density at radius 3 is 2.62 bits per heavy atom. The fourth-order valence-corrected chi connectivity index (χ4v) is 3.23. The van der Waals surface area contributed by atoms with Gasteiger partial charge in [-0.15, -0.1) is 0 Å². The van der Waals surface area contributed by atoms with Crippen molar-refractivity contribution in [2.75, 3.05) is 26.3 Å². The first-order valence-electron chi connectivity index (χ1n) is 7.90. The first-order chi connectivity index (χ1) is 11.3. The van der Waals surface area contributed by atoms with Gasteiger partial charge in [0, 0.05) is 25.2 Å². The molecule has 0 bridgehead atoms. The molecular formula is C16H19F3N2O3. The Labute approximate surface area is 137 Å². The van der Waals surface area contributed by atoms with E-state index < -0.39 is 17.7 Å². The van der Waals surface area contributed by atoms with E-state index in [4.69, 9.17) is 9.47 Å². The lowest BCUT2D eigenvalue weighted by Crippen LogP contribution is -2.48. The van der Waals surface area contributed by atoms with Gasteiger partial charge in [-0.3, -0.25) is 9.78 Å². The van der Waals surface area contributed by atoms with Gasteiger partial charge in [-0.25, -0.2) is 0 Å². The van der Waals surface area contributed by atoms with Gasteiger partial charge in [0.15, 0.2) is 5.79 Å². The zero-order valence-electron chi connectivity index (χ0n) is 13.3. The summed E-state index contributed by atoms with van der Waals surface area (Å²) >= 11 is 0. The molecule has 1 amide bonds. The van der Waals surface area contributed by atoms with Gasteiger partial charge in [0.05, 0.1) is 18.8 Å². The van der Waals surface area contributed by atoms with Crippen LogP contribution in [-0.2, 0) is 15.7 Å². The smallest absolute Gasteiger partial charge is 0.347 e. The number of hydrogen-bond acceptors (Lipinski definition) is 4. The molecule has 0 radical (unpaired) electrons. The summed E-state index contributed by atoms with van der Waals surface area (Å²) in [6.07, 6.45) is -1.85. The normalized spacial score (nSPS) is 24.2. The molecule has 8 heteroatoms. The molecule has 1 aromatic rings. The van der Waals surface area contributed by atoms with Gasteiger partial charge in [0.2, 0.25) is 0 Å². The standard InChI is InChI=1S/C16H19F3N2O3/c1-15(23-7-8-24-15)12-3-2-6-21(10-12)14(22)11-4-5-13(20-9-11)16(17,18)19/h4-5,9,12H,2-3,6-8,10H2,1H3/t12-/m1/s1. The molecule has 2 saturated heterocycles. The zero-order chi connectivity index (χ0) is 17.4. The molecular weight excluding hydrogens is 325 g/mol. The van der Waals surface area contributed by atoms with Crippen molar-refractivity contribution >= 4 is 5.91 Å². The van der Waals surface area contributed by atoms with Gasteiger partial charge in [-0.2, -0.15) is 13.2 Å². The van der Waals surface area contributed by atoms with Crippen LogP contribution in [0.2, 0.25) is 0 Å². The number of ether oxygens (including phenoxy) is 2. The molecule has 0 unspecified atom stereocenters. The number of halogens is 3. The molecule has 2 aliphatic heterocycles. The number of likely N-dealkylation sites (tertiary alicyclic amines) is 1. The Kier molecular flexibility index (Phi) is 4.52. The number of aromatic nitrogens is 1. The van der Waals surface area contributed by atoms with E-state index in [2.05, 4.69) is 4.98 Å². The number of pyridine rings is 1. The molecule has 3 rings (SSSR count). The van der Waals surface area contributed by atoms with Crippen LogP contribution in [0.3, 0.4) is 0 Å². The second-order valence-electron chi connectivity index (χ2n) is 6.23. The van der Waals surface area contributed by atoms with Crippen molar-refractivity contribution in [3.8, 4) is 0 Å². The number of carbonyl (C=O) groups is 1. The van der Waals surface area contributed by atoms with E-state index in [-0.39, 0.29) is 17.4 Å². The number of carbonyl (C=O) groups excluding carboxylic acids is 1. The van der Waals surface area contributed by atoms with Crippen LogP contribution in [0.5, 0.6) is 0 Å². The van der Waals surface area contributed by atoms with Gasteiger partial charge < -0.3 is 14.4 Å². The summed E-state index contributed by atoms with van der Waals surface area (Å²) in [5, 5.41) is 0. The first-order valence-corrected chi connectivity index (χ1v) is 7.90. The molecule has 5 nitrogen and oxygen atoms in total. The second-order valence-corrected chi connectivity index (χ2v) is 6.23. The quantitative estimate of drug-likeness (QED) is 0.828. The molecule has 0 spiro atoms. The first kappa shape index (κ1) is 17.2. The number of rotatable bonds is 2. The van der Waals surface area contributed by atoms with Crippen molar-refractivity contribution < 1.29 is 27.4 Å². The number of alkyl halides is 3. The molecule has 1 atom stereocenters. The molecule has 3 heterocycles. The zero-order valence-corrected chi connectivity index (χ0v) is 13.3. The third-order valence-electron chi connectivity index (χ3n) is 4.61. The molecule has 1 aromatic heterocycles. The molecule has 24 heavy (non-hydrogen) atoms. The summed E-state index contributed by atoms with van der Waals surface area (Å²) in [7, 11) is 0. The maximum absolute atomic E-state index is 12.6. The average Bonchev–Trinajstić information content (AvgIpc) is 3.02. The van der Waals surface area contributed by atoms with Crippen LogP contribution >= 0.6 is 0 Å². The Morgan fingerprint density at radius 2 is 2.04 bits per heavy atom. The lowest BCUT2D eigenvalue weighted by Gasteiger charge is -2.39. The van der Waals surface area contributed by atoms with Crippen LogP contribution in [0, 0.1) is 5.92 Å². The SMILES string of the molecule is CC1([C@@H]2CCCN(C(=O)c3ccc(C(F)(F)F)nc3)C2)OCCO1. The Morgan fingerprint density at radius 1 is 1.33 bits per heavy atom. The van der Waals surface area contributed by atoms with Crippen molar-refractivity contribution in [3.05, 3.63) is 29.6 Å². The van der Waals surface area contributed by atoms with Crippen molar-refractivity contribution in [2.24, 2.45) is 5.92 Å². The minimum Gasteiger partial charge on any atom is -0.347 e.